The standard InChI is InChI=1S/C17H19BrN4O/c1-2-11-5-20-17(21-6-11)22-8-13-14(9-22)15(13)10-23-16-4-3-12(18)7-19-16/h3-7,13-15H,2,8-10H2,1H3. The third kappa shape index (κ3) is 3.04. The Morgan fingerprint density at radius 1 is 1.13 bits per heavy atom. The molecule has 0 N–H and O–H groups in total. The van der Waals surface area contributed by atoms with E-state index in [1.54, 1.807) is 6.20 Å². The number of fused-ring (bicyclic) bond motifs is 1. The minimum atomic E-state index is 0.645. The van der Waals surface area contributed by atoms with Gasteiger partial charge in [0.2, 0.25) is 11.8 Å². The van der Waals surface area contributed by atoms with E-state index in [9.17, 15) is 0 Å². The molecule has 3 heterocycles. The summed E-state index contributed by atoms with van der Waals surface area (Å²) in [5.41, 5.74) is 1.19. The van der Waals surface area contributed by atoms with Gasteiger partial charge in [0.25, 0.3) is 0 Å². The molecule has 1 saturated carbocycles. The average molecular weight is 375 g/mol. The molecule has 6 heteroatoms. The summed E-state index contributed by atoms with van der Waals surface area (Å²) in [5, 5.41) is 0. The van der Waals surface area contributed by atoms with E-state index in [1.165, 1.54) is 5.56 Å². The quantitative estimate of drug-likeness (QED) is 0.804. The van der Waals surface area contributed by atoms with E-state index in [0.717, 1.165) is 36.5 Å². The topological polar surface area (TPSA) is 51.1 Å². The summed E-state index contributed by atoms with van der Waals surface area (Å²) in [6, 6.07) is 3.85. The molecule has 0 spiro atoms. The molecule has 2 aromatic heterocycles. The van der Waals surface area contributed by atoms with Crippen LogP contribution in [0.5, 0.6) is 5.88 Å². The number of aromatic nitrogens is 3. The van der Waals surface area contributed by atoms with Crippen LogP contribution in [-0.4, -0.2) is 34.6 Å². The fraction of sp³-hybridized carbons (Fsp3) is 0.471. The molecule has 23 heavy (non-hydrogen) atoms. The van der Waals surface area contributed by atoms with Crippen molar-refractivity contribution in [1.29, 1.82) is 0 Å². The van der Waals surface area contributed by atoms with Gasteiger partial charge in [-0.25, -0.2) is 15.0 Å². The molecule has 1 saturated heterocycles. The molecule has 120 valence electrons. The fourth-order valence-electron chi connectivity index (χ4n) is 3.38. The summed E-state index contributed by atoms with van der Waals surface area (Å²) in [6.07, 6.45) is 6.62. The molecule has 2 fully saturated rings. The van der Waals surface area contributed by atoms with Gasteiger partial charge in [-0.15, -0.1) is 0 Å². The van der Waals surface area contributed by atoms with Gasteiger partial charge in [0.1, 0.15) is 0 Å². The van der Waals surface area contributed by atoms with Gasteiger partial charge < -0.3 is 9.64 Å². The van der Waals surface area contributed by atoms with Crippen LogP contribution in [-0.2, 0) is 6.42 Å². The van der Waals surface area contributed by atoms with E-state index in [-0.39, 0.29) is 0 Å². The van der Waals surface area contributed by atoms with Crippen LogP contribution in [0.3, 0.4) is 0 Å². The van der Waals surface area contributed by atoms with Crippen molar-refractivity contribution in [3.63, 3.8) is 0 Å². The summed E-state index contributed by atoms with van der Waals surface area (Å²) in [6.45, 7) is 4.96. The van der Waals surface area contributed by atoms with Gasteiger partial charge in [0.05, 0.1) is 6.61 Å². The minimum absolute atomic E-state index is 0.645. The monoisotopic (exact) mass is 374 g/mol. The zero-order valence-corrected chi connectivity index (χ0v) is 14.6. The zero-order chi connectivity index (χ0) is 15.8. The number of anilines is 1. The van der Waals surface area contributed by atoms with Gasteiger partial charge in [-0.3, -0.25) is 0 Å². The Balaban J connectivity index is 1.28. The van der Waals surface area contributed by atoms with Crippen LogP contribution in [0.1, 0.15) is 12.5 Å². The third-order valence-electron chi connectivity index (χ3n) is 4.88. The van der Waals surface area contributed by atoms with Crippen molar-refractivity contribution < 1.29 is 4.74 Å². The number of hydrogen-bond acceptors (Lipinski definition) is 5. The van der Waals surface area contributed by atoms with Gasteiger partial charge in [0, 0.05) is 48.1 Å². The van der Waals surface area contributed by atoms with E-state index in [1.807, 2.05) is 24.5 Å². The van der Waals surface area contributed by atoms with Crippen LogP contribution >= 0.6 is 15.9 Å². The van der Waals surface area contributed by atoms with Crippen molar-refractivity contribution in [3.8, 4) is 5.88 Å². The van der Waals surface area contributed by atoms with Crippen molar-refractivity contribution in [3.05, 3.63) is 40.8 Å². The first-order valence-electron chi connectivity index (χ1n) is 8.05. The van der Waals surface area contributed by atoms with E-state index in [2.05, 4.69) is 42.7 Å². The van der Waals surface area contributed by atoms with E-state index in [0.29, 0.717) is 23.6 Å². The Labute approximate surface area is 144 Å². The zero-order valence-electron chi connectivity index (χ0n) is 13.0. The number of hydrogen-bond donors (Lipinski definition) is 0. The Hall–Kier alpha value is -1.69. The van der Waals surface area contributed by atoms with Crippen molar-refractivity contribution in [2.45, 2.75) is 13.3 Å². The first kappa shape index (κ1) is 14.9. The van der Waals surface area contributed by atoms with Gasteiger partial charge in [-0.1, -0.05) is 6.92 Å². The summed E-state index contributed by atoms with van der Waals surface area (Å²) in [5.74, 6) is 3.63. The summed E-state index contributed by atoms with van der Waals surface area (Å²) in [7, 11) is 0. The largest absolute Gasteiger partial charge is 0.477 e. The fourth-order valence-corrected chi connectivity index (χ4v) is 3.62. The number of aryl methyl sites for hydroxylation is 1. The molecule has 0 bridgehead atoms. The molecular weight excluding hydrogens is 356 g/mol. The van der Waals surface area contributed by atoms with Crippen LogP contribution in [0.25, 0.3) is 0 Å². The molecule has 5 nitrogen and oxygen atoms in total. The molecule has 4 rings (SSSR count). The van der Waals surface area contributed by atoms with Gasteiger partial charge >= 0.3 is 0 Å². The Kier molecular flexibility index (Phi) is 3.93. The predicted molar refractivity (Wildman–Crippen MR) is 91.5 cm³/mol. The highest BCUT2D eigenvalue weighted by atomic mass is 79.9. The number of halogens is 1. The number of piperidine rings is 1. The van der Waals surface area contributed by atoms with Crippen LogP contribution in [0, 0.1) is 17.8 Å². The second-order valence-electron chi connectivity index (χ2n) is 6.27. The normalized spacial score (nSPS) is 25.3. The van der Waals surface area contributed by atoms with Crippen LogP contribution < -0.4 is 9.64 Å². The van der Waals surface area contributed by atoms with Crippen LogP contribution in [0.15, 0.2) is 35.2 Å². The molecular formula is C17H19BrN4O. The SMILES string of the molecule is CCc1cnc(N2CC3C(COc4ccc(Br)cn4)C3C2)nc1. The molecule has 2 unspecified atom stereocenters. The highest BCUT2D eigenvalue weighted by Gasteiger charge is 2.56. The van der Waals surface area contributed by atoms with Crippen LogP contribution in [0.4, 0.5) is 5.95 Å². The Morgan fingerprint density at radius 3 is 2.48 bits per heavy atom. The minimum Gasteiger partial charge on any atom is -0.477 e. The lowest BCUT2D eigenvalue weighted by atomic mass is 10.2. The maximum Gasteiger partial charge on any atom is 0.225 e. The first-order chi connectivity index (χ1) is 11.2. The number of ether oxygens (including phenoxy) is 1. The Morgan fingerprint density at radius 2 is 1.87 bits per heavy atom. The maximum atomic E-state index is 5.81. The lowest BCUT2D eigenvalue weighted by Gasteiger charge is -2.19. The molecule has 0 amide bonds. The molecule has 2 aliphatic rings. The summed E-state index contributed by atoms with van der Waals surface area (Å²) >= 11 is 3.38. The smallest absolute Gasteiger partial charge is 0.225 e. The van der Waals surface area contributed by atoms with Gasteiger partial charge in [-0.2, -0.15) is 0 Å². The van der Waals surface area contributed by atoms with Gasteiger partial charge in [-0.05, 0) is 45.8 Å². The lowest BCUT2D eigenvalue weighted by molar-refractivity contribution is 0.273. The number of rotatable bonds is 5. The average Bonchev–Trinajstić information content (AvgIpc) is 3.04. The molecule has 2 atom stereocenters. The third-order valence-corrected chi connectivity index (χ3v) is 5.35. The Bertz CT molecular complexity index is 664. The van der Waals surface area contributed by atoms with E-state index >= 15 is 0 Å². The molecule has 1 aliphatic heterocycles. The molecule has 0 radical (unpaired) electrons. The molecule has 0 aromatic carbocycles. The second kappa shape index (κ2) is 6.07. The van der Waals surface area contributed by atoms with Crippen LogP contribution in [0.2, 0.25) is 0 Å². The summed E-state index contributed by atoms with van der Waals surface area (Å²) in [4.78, 5) is 15.5. The van der Waals surface area contributed by atoms with Crippen molar-refractivity contribution >= 4 is 21.9 Å². The second-order valence-corrected chi connectivity index (χ2v) is 7.18. The van der Waals surface area contributed by atoms with E-state index < -0.39 is 0 Å². The predicted octanol–water partition coefficient (Wildman–Crippen LogP) is 2.96. The highest BCUT2D eigenvalue weighted by Crippen LogP contribution is 2.52. The number of nitrogens with zero attached hydrogens (tertiary/aromatic N) is 4. The lowest BCUT2D eigenvalue weighted by Crippen LogP contribution is -2.27. The van der Waals surface area contributed by atoms with Gasteiger partial charge in [0.15, 0.2) is 0 Å². The van der Waals surface area contributed by atoms with Crippen molar-refractivity contribution in [2.75, 3.05) is 24.6 Å². The highest BCUT2D eigenvalue weighted by molar-refractivity contribution is 9.10. The summed E-state index contributed by atoms with van der Waals surface area (Å²) < 4.78 is 6.78. The maximum absolute atomic E-state index is 5.81. The van der Waals surface area contributed by atoms with E-state index in [4.69, 9.17) is 4.74 Å². The van der Waals surface area contributed by atoms with Crippen molar-refractivity contribution in [1.82, 2.24) is 15.0 Å². The first-order valence-corrected chi connectivity index (χ1v) is 8.84. The van der Waals surface area contributed by atoms with Crippen molar-refractivity contribution in [2.24, 2.45) is 17.8 Å². The molecule has 1 aliphatic carbocycles. The molecule has 2 aromatic rings. The number of pyridine rings is 1.